The van der Waals surface area contributed by atoms with Gasteiger partial charge in [-0.25, -0.2) is 13.2 Å². The molecule has 3 rings (SSSR count). The summed E-state index contributed by atoms with van der Waals surface area (Å²) < 4.78 is 33.2. The second-order valence-electron chi connectivity index (χ2n) is 7.46. The molecule has 7 nitrogen and oxygen atoms in total. The van der Waals surface area contributed by atoms with Crippen LogP contribution in [0.1, 0.15) is 20.3 Å². The van der Waals surface area contributed by atoms with Crippen LogP contribution in [0.25, 0.3) is 11.1 Å². The minimum atomic E-state index is -3.79. The van der Waals surface area contributed by atoms with Gasteiger partial charge in [-0.05, 0) is 37.1 Å². The van der Waals surface area contributed by atoms with Crippen molar-refractivity contribution in [3.8, 4) is 11.1 Å². The summed E-state index contributed by atoms with van der Waals surface area (Å²) >= 11 is 0. The summed E-state index contributed by atoms with van der Waals surface area (Å²) in [4.78, 5) is 26.2. The van der Waals surface area contributed by atoms with Crippen LogP contribution in [-0.4, -0.2) is 50.7 Å². The molecule has 160 valence electrons. The lowest BCUT2D eigenvalue weighted by molar-refractivity contribution is -0.146. The van der Waals surface area contributed by atoms with Gasteiger partial charge in [-0.3, -0.25) is 9.69 Å². The van der Waals surface area contributed by atoms with Crippen molar-refractivity contribution in [1.29, 1.82) is 0 Å². The van der Waals surface area contributed by atoms with Crippen molar-refractivity contribution in [2.24, 2.45) is 0 Å². The number of rotatable bonds is 7. The number of cyclic esters (lactones) is 1. The zero-order valence-electron chi connectivity index (χ0n) is 17.2. The van der Waals surface area contributed by atoms with Gasteiger partial charge >= 0.3 is 12.1 Å². The van der Waals surface area contributed by atoms with Crippen molar-refractivity contribution in [3.63, 3.8) is 0 Å². The first-order chi connectivity index (χ1) is 14.2. The Labute approximate surface area is 176 Å². The standard InChI is InChI=1S/C22H25NO6S/c1-4-28-20(24)22(2,30(3,26)27)14-19-15-23(21(25)29-19)18-12-10-17(11-13-18)16-8-6-5-7-9-16/h5-13,19H,4,14-15H2,1-3H3/t19-,22+/m0/s1. The summed E-state index contributed by atoms with van der Waals surface area (Å²) in [7, 11) is -3.79. The van der Waals surface area contributed by atoms with Gasteiger partial charge in [-0.2, -0.15) is 0 Å². The number of nitrogens with zero attached hydrogens (tertiary/aromatic N) is 1. The first-order valence-corrected chi connectivity index (χ1v) is 11.6. The SMILES string of the molecule is CCOC(=O)[C@@](C)(C[C@H]1CN(c2ccc(-c3ccccc3)cc2)C(=O)O1)S(C)(=O)=O. The summed E-state index contributed by atoms with van der Waals surface area (Å²) in [6, 6.07) is 17.3. The van der Waals surface area contributed by atoms with Crippen molar-refractivity contribution in [2.45, 2.75) is 31.1 Å². The number of hydrogen-bond donors (Lipinski definition) is 0. The maximum Gasteiger partial charge on any atom is 0.414 e. The summed E-state index contributed by atoms with van der Waals surface area (Å²) in [5.41, 5.74) is 2.71. The van der Waals surface area contributed by atoms with Gasteiger partial charge in [-0.15, -0.1) is 0 Å². The summed E-state index contributed by atoms with van der Waals surface area (Å²) in [5, 5.41) is 0. The van der Waals surface area contributed by atoms with Crippen molar-refractivity contribution in [1.82, 2.24) is 0 Å². The molecule has 2 aromatic rings. The van der Waals surface area contributed by atoms with Gasteiger partial charge in [0.2, 0.25) is 0 Å². The average molecular weight is 432 g/mol. The highest BCUT2D eigenvalue weighted by molar-refractivity contribution is 7.92. The van der Waals surface area contributed by atoms with Crippen LogP contribution in [0.3, 0.4) is 0 Å². The molecule has 0 N–H and O–H groups in total. The van der Waals surface area contributed by atoms with E-state index in [1.807, 2.05) is 54.6 Å². The average Bonchev–Trinajstić information content (AvgIpc) is 3.08. The van der Waals surface area contributed by atoms with Crippen molar-refractivity contribution in [2.75, 3.05) is 24.3 Å². The van der Waals surface area contributed by atoms with Gasteiger partial charge in [0, 0.05) is 18.4 Å². The van der Waals surface area contributed by atoms with Gasteiger partial charge in [0.15, 0.2) is 14.6 Å². The van der Waals surface area contributed by atoms with E-state index in [9.17, 15) is 18.0 Å². The van der Waals surface area contributed by atoms with Gasteiger partial charge in [0.1, 0.15) is 6.10 Å². The number of esters is 1. The van der Waals surface area contributed by atoms with Crippen LogP contribution in [0.2, 0.25) is 0 Å². The summed E-state index contributed by atoms with van der Waals surface area (Å²) in [5.74, 6) is -0.839. The molecule has 0 unspecified atom stereocenters. The van der Waals surface area contributed by atoms with Crippen LogP contribution in [-0.2, 0) is 24.1 Å². The van der Waals surface area contributed by atoms with E-state index >= 15 is 0 Å². The molecule has 0 spiro atoms. The molecule has 30 heavy (non-hydrogen) atoms. The lowest BCUT2D eigenvalue weighted by atomic mass is 10.0. The molecule has 0 radical (unpaired) electrons. The first-order valence-electron chi connectivity index (χ1n) is 9.66. The number of sulfone groups is 1. The van der Waals surface area contributed by atoms with E-state index in [1.165, 1.54) is 11.8 Å². The summed E-state index contributed by atoms with van der Waals surface area (Å²) in [6.07, 6.45) is -0.516. The minimum Gasteiger partial charge on any atom is -0.465 e. The molecule has 8 heteroatoms. The van der Waals surface area contributed by atoms with Crippen LogP contribution in [0.15, 0.2) is 54.6 Å². The molecule has 2 aromatic carbocycles. The third kappa shape index (κ3) is 4.33. The van der Waals surface area contributed by atoms with E-state index in [0.717, 1.165) is 17.4 Å². The molecule has 0 aliphatic carbocycles. The highest BCUT2D eigenvalue weighted by Gasteiger charge is 2.49. The molecule has 0 saturated carbocycles. The van der Waals surface area contributed by atoms with Crippen LogP contribution >= 0.6 is 0 Å². The molecule has 0 aromatic heterocycles. The Kier molecular flexibility index (Phi) is 6.17. The first kappa shape index (κ1) is 21.8. The molecule has 1 aliphatic rings. The lowest BCUT2D eigenvalue weighted by Gasteiger charge is -2.27. The Morgan fingerprint density at radius 3 is 2.30 bits per heavy atom. The van der Waals surface area contributed by atoms with E-state index in [-0.39, 0.29) is 19.6 Å². The van der Waals surface area contributed by atoms with E-state index in [2.05, 4.69) is 0 Å². The zero-order valence-corrected chi connectivity index (χ0v) is 18.0. The lowest BCUT2D eigenvalue weighted by Crippen LogP contribution is -2.47. The Morgan fingerprint density at radius 2 is 1.73 bits per heavy atom. The Balaban J connectivity index is 1.76. The highest BCUT2D eigenvalue weighted by atomic mass is 32.2. The van der Waals surface area contributed by atoms with E-state index in [1.54, 1.807) is 6.92 Å². The molecule has 1 aliphatic heterocycles. The quantitative estimate of drug-likeness (QED) is 0.624. The van der Waals surface area contributed by atoms with Crippen molar-refractivity contribution >= 4 is 27.6 Å². The number of benzene rings is 2. The van der Waals surface area contributed by atoms with Gasteiger partial charge in [0.25, 0.3) is 0 Å². The third-order valence-corrected chi connectivity index (χ3v) is 7.27. The number of ether oxygens (including phenoxy) is 2. The number of anilines is 1. The molecule has 1 heterocycles. The predicted molar refractivity (Wildman–Crippen MR) is 114 cm³/mol. The van der Waals surface area contributed by atoms with E-state index < -0.39 is 32.8 Å². The molecule has 0 bridgehead atoms. The molecule has 1 amide bonds. The topological polar surface area (TPSA) is 90.0 Å². The second kappa shape index (κ2) is 8.47. The fraction of sp³-hybridized carbons (Fsp3) is 0.364. The molecule has 1 saturated heterocycles. The van der Waals surface area contributed by atoms with Crippen molar-refractivity contribution < 1.29 is 27.5 Å². The molecular formula is C22H25NO6S. The maximum absolute atomic E-state index is 12.4. The Hall–Kier alpha value is -2.87. The van der Waals surface area contributed by atoms with Crippen molar-refractivity contribution in [3.05, 3.63) is 54.6 Å². The third-order valence-electron chi connectivity index (χ3n) is 5.30. The van der Waals surface area contributed by atoms with Crippen LogP contribution in [0, 0.1) is 0 Å². The highest BCUT2D eigenvalue weighted by Crippen LogP contribution is 2.31. The minimum absolute atomic E-state index is 0.0638. The predicted octanol–water partition coefficient (Wildman–Crippen LogP) is 3.44. The molecule has 2 atom stereocenters. The molecule has 1 fully saturated rings. The smallest absolute Gasteiger partial charge is 0.414 e. The normalized spacial score (nSPS) is 18.6. The Morgan fingerprint density at radius 1 is 1.13 bits per heavy atom. The summed E-state index contributed by atoms with van der Waals surface area (Å²) in [6.45, 7) is 3.13. The number of carbonyl (C=O) groups excluding carboxylic acids is 2. The van der Waals surface area contributed by atoms with Crippen LogP contribution in [0.5, 0.6) is 0 Å². The van der Waals surface area contributed by atoms with Crippen LogP contribution < -0.4 is 4.90 Å². The van der Waals surface area contributed by atoms with Crippen LogP contribution in [0.4, 0.5) is 10.5 Å². The maximum atomic E-state index is 12.4. The number of hydrogen-bond acceptors (Lipinski definition) is 6. The fourth-order valence-corrected chi connectivity index (χ4v) is 4.26. The van der Waals surface area contributed by atoms with Gasteiger partial charge < -0.3 is 9.47 Å². The largest absolute Gasteiger partial charge is 0.465 e. The monoisotopic (exact) mass is 431 g/mol. The van der Waals surface area contributed by atoms with E-state index in [0.29, 0.717) is 5.69 Å². The fourth-order valence-electron chi connectivity index (χ4n) is 3.41. The Bertz CT molecular complexity index is 1020. The van der Waals surface area contributed by atoms with Gasteiger partial charge in [0.05, 0.1) is 13.2 Å². The number of carbonyl (C=O) groups is 2. The number of amides is 1. The molecular weight excluding hydrogens is 406 g/mol. The van der Waals surface area contributed by atoms with E-state index in [4.69, 9.17) is 9.47 Å². The second-order valence-corrected chi connectivity index (χ2v) is 9.90. The van der Waals surface area contributed by atoms with Gasteiger partial charge in [-0.1, -0.05) is 42.5 Å². The zero-order chi connectivity index (χ0) is 21.9.